The van der Waals surface area contributed by atoms with Gasteiger partial charge in [-0.15, -0.1) is 0 Å². The summed E-state index contributed by atoms with van der Waals surface area (Å²) in [6, 6.07) is 6.99. The fourth-order valence-corrected chi connectivity index (χ4v) is 4.33. The second kappa shape index (κ2) is 8.30. The lowest BCUT2D eigenvalue weighted by molar-refractivity contribution is 0.346. The van der Waals surface area contributed by atoms with Crippen molar-refractivity contribution in [3.8, 4) is 0 Å². The Morgan fingerprint density at radius 3 is 2.62 bits per heavy atom. The first-order chi connectivity index (χ1) is 11.4. The van der Waals surface area contributed by atoms with Crippen LogP contribution in [0.2, 0.25) is 0 Å². The van der Waals surface area contributed by atoms with Crippen LogP contribution in [0.4, 0.5) is 0 Å². The highest BCUT2D eigenvalue weighted by Gasteiger charge is 2.27. The molecule has 2 rings (SSSR count). The van der Waals surface area contributed by atoms with Crippen molar-refractivity contribution in [2.24, 2.45) is 10.7 Å². The van der Waals surface area contributed by atoms with E-state index in [2.05, 4.69) is 16.9 Å². The summed E-state index contributed by atoms with van der Waals surface area (Å²) in [6.45, 7) is 7.61. The summed E-state index contributed by atoms with van der Waals surface area (Å²) in [5.41, 5.74) is 7.41. The molecule has 6 nitrogen and oxygen atoms in total. The van der Waals surface area contributed by atoms with E-state index < -0.39 is 10.0 Å². The zero-order valence-corrected chi connectivity index (χ0v) is 15.0. The van der Waals surface area contributed by atoms with E-state index in [-0.39, 0.29) is 12.5 Å². The Morgan fingerprint density at radius 1 is 1.29 bits per heavy atom. The minimum Gasteiger partial charge on any atom is -0.370 e. The van der Waals surface area contributed by atoms with E-state index in [1.165, 1.54) is 0 Å². The molecule has 0 bridgehead atoms. The van der Waals surface area contributed by atoms with Crippen molar-refractivity contribution in [3.63, 3.8) is 0 Å². The smallest absolute Gasteiger partial charge is 0.243 e. The van der Waals surface area contributed by atoms with Crippen LogP contribution >= 0.6 is 0 Å². The molecule has 3 N–H and O–H groups in total. The highest BCUT2D eigenvalue weighted by molar-refractivity contribution is 7.89. The van der Waals surface area contributed by atoms with Crippen molar-refractivity contribution in [2.45, 2.75) is 37.6 Å². The Bertz CT molecular complexity index is 707. The van der Waals surface area contributed by atoms with E-state index >= 15 is 0 Å². The summed E-state index contributed by atoms with van der Waals surface area (Å²) in [4.78, 5) is 4.57. The number of benzene rings is 1. The molecule has 0 aromatic heterocycles. The molecule has 1 fully saturated rings. The average molecular weight is 350 g/mol. The third-order valence-corrected chi connectivity index (χ3v) is 5.90. The summed E-state index contributed by atoms with van der Waals surface area (Å²) in [6.07, 6.45) is 2.91. The molecule has 1 heterocycles. The SMILES string of the molecule is C=C(C)CNC(N)=NCc1ccccc1S(=O)(=O)N1CCCCC1. The van der Waals surface area contributed by atoms with Crippen molar-refractivity contribution in [3.05, 3.63) is 42.0 Å². The van der Waals surface area contributed by atoms with Crippen LogP contribution in [-0.4, -0.2) is 38.3 Å². The maximum Gasteiger partial charge on any atom is 0.243 e. The van der Waals surface area contributed by atoms with Crippen molar-refractivity contribution >= 4 is 16.0 Å². The van der Waals surface area contributed by atoms with E-state index in [1.807, 2.05) is 13.0 Å². The first-order valence-electron chi connectivity index (χ1n) is 8.17. The highest BCUT2D eigenvalue weighted by atomic mass is 32.2. The number of piperidine rings is 1. The van der Waals surface area contributed by atoms with E-state index in [0.29, 0.717) is 30.1 Å². The largest absolute Gasteiger partial charge is 0.370 e. The fraction of sp³-hybridized carbons (Fsp3) is 0.471. The minimum atomic E-state index is -3.48. The first kappa shape index (κ1) is 18.5. The Hall–Kier alpha value is -1.86. The van der Waals surface area contributed by atoms with Gasteiger partial charge in [0.2, 0.25) is 10.0 Å². The zero-order valence-electron chi connectivity index (χ0n) is 14.2. The Balaban J connectivity index is 2.17. The maximum absolute atomic E-state index is 12.9. The van der Waals surface area contributed by atoms with Crippen LogP contribution in [0.3, 0.4) is 0 Å². The Kier molecular flexibility index (Phi) is 6.39. The van der Waals surface area contributed by atoms with E-state index in [1.54, 1.807) is 22.5 Å². The molecular formula is C17H26N4O2S. The molecule has 1 aliphatic rings. The normalized spacial score (nSPS) is 16.8. The number of nitrogens with one attached hydrogen (secondary N) is 1. The van der Waals surface area contributed by atoms with Gasteiger partial charge in [-0.25, -0.2) is 13.4 Å². The molecule has 7 heteroatoms. The number of hydrogen-bond donors (Lipinski definition) is 2. The van der Waals surface area contributed by atoms with Gasteiger partial charge in [-0.1, -0.05) is 36.8 Å². The summed E-state index contributed by atoms with van der Waals surface area (Å²) < 4.78 is 27.3. The van der Waals surface area contributed by atoms with Crippen LogP contribution in [0, 0.1) is 0 Å². The molecule has 0 aliphatic carbocycles. The van der Waals surface area contributed by atoms with Crippen molar-refractivity contribution in [1.82, 2.24) is 9.62 Å². The van der Waals surface area contributed by atoms with Gasteiger partial charge in [0.15, 0.2) is 5.96 Å². The maximum atomic E-state index is 12.9. The lowest BCUT2D eigenvalue weighted by Crippen LogP contribution is -2.36. The number of aliphatic imine (C=N–C) groups is 1. The van der Waals surface area contributed by atoms with Gasteiger partial charge in [-0.2, -0.15) is 4.31 Å². The van der Waals surface area contributed by atoms with Crippen LogP contribution in [0.15, 0.2) is 46.3 Å². The standard InChI is InChI=1S/C17H26N4O2S/c1-14(2)12-19-17(18)20-13-15-8-4-5-9-16(15)24(22,23)21-10-6-3-7-11-21/h4-5,8-9H,1,3,6-7,10-13H2,2H3,(H3,18,19,20). The quantitative estimate of drug-likeness (QED) is 0.465. The van der Waals surface area contributed by atoms with Crippen LogP contribution < -0.4 is 11.1 Å². The topological polar surface area (TPSA) is 87.8 Å². The number of hydrogen-bond acceptors (Lipinski definition) is 3. The number of nitrogens with two attached hydrogens (primary N) is 1. The number of sulfonamides is 1. The minimum absolute atomic E-state index is 0.221. The van der Waals surface area contributed by atoms with Crippen LogP contribution in [0.5, 0.6) is 0 Å². The molecule has 1 saturated heterocycles. The molecule has 0 unspecified atom stereocenters. The molecule has 132 valence electrons. The third kappa shape index (κ3) is 4.82. The Morgan fingerprint density at radius 2 is 1.96 bits per heavy atom. The monoisotopic (exact) mass is 350 g/mol. The van der Waals surface area contributed by atoms with Crippen molar-refractivity contribution in [2.75, 3.05) is 19.6 Å². The summed E-state index contributed by atoms with van der Waals surface area (Å²) in [7, 11) is -3.48. The summed E-state index contributed by atoms with van der Waals surface area (Å²) >= 11 is 0. The second-order valence-corrected chi connectivity index (χ2v) is 7.99. The van der Waals surface area contributed by atoms with Gasteiger partial charge >= 0.3 is 0 Å². The predicted molar refractivity (Wildman–Crippen MR) is 97.2 cm³/mol. The van der Waals surface area contributed by atoms with E-state index in [4.69, 9.17) is 5.73 Å². The van der Waals surface area contributed by atoms with E-state index in [9.17, 15) is 8.42 Å². The van der Waals surface area contributed by atoms with E-state index in [0.717, 1.165) is 24.8 Å². The Labute approximate surface area is 144 Å². The second-order valence-electron chi connectivity index (χ2n) is 6.08. The number of nitrogens with zero attached hydrogens (tertiary/aromatic N) is 2. The van der Waals surface area contributed by atoms with Gasteiger partial charge in [0, 0.05) is 19.6 Å². The van der Waals surface area contributed by atoms with Crippen molar-refractivity contribution < 1.29 is 8.42 Å². The van der Waals surface area contributed by atoms with Crippen LogP contribution in [-0.2, 0) is 16.6 Å². The van der Waals surface area contributed by atoms with Gasteiger partial charge in [-0.05, 0) is 31.4 Å². The molecule has 0 spiro atoms. The fourth-order valence-electron chi connectivity index (χ4n) is 2.60. The first-order valence-corrected chi connectivity index (χ1v) is 9.61. The molecule has 1 aromatic carbocycles. The molecule has 1 aromatic rings. The number of rotatable bonds is 6. The van der Waals surface area contributed by atoms with Crippen molar-refractivity contribution in [1.29, 1.82) is 0 Å². The van der Waals surface area contributed by atoms with Gasteiger partial charge in [0.05, 0.1) is 11.4 Å². The number of guanidine groups is 1. The van der Waals surface area contributed by atoms with Crippen LogP contribution in [0.25, 0.3) is 0 Å². The molecule has 0 atom stereocenters. The summed E-state index contributed by atoms with van der Waals surface area (Å²) in [5, 5.41) is 2.94. The van der Waals surface area contributed by atoms with Gasteiger partial charge in [0.25, 0.3) is 0 Å². The highest BCUT2D eigenvalue weighted by Crippen LogP contribution is 2.24. The lowest BCUT2D eigenvalue weighted by Gasteiger charge is -2.26. The molecule has 0 saturated carbocycles. The lowest BCUT2D eigenvalue weighted by atomic mass is 10.2. The predicted octanol–water partition coefficient (Wildman–Crippen LogP) is 1.84. The van der Waals surface area contributed by atoms with Gasteiger partial charge < -0.3 is 11.1 Å². The summed E-state index contributed by atoms with van der Waals surface area (Å²) in [5.74, 6) is 0.281. The zero-order chi connectivity index (χ0) is 17.6. The molecule has 24 heavy (non-hydrogen) atoms. The molecular weight excluding hydrogens is 324 g/mol. The van der Waals surface area contributed by atoms with Gasteiger partial charge in [0.1, 0.15) is 0 Å². The molecule has 1 aliphatic heterocycles. The third-order valence-electron chi connectivity index (χ3n) is 3.90. The molecule has 0 amide bonds. The van der Waals surface area contributed by atoms with Crippen LogP contribution in [0.1, 0.15) is 31.7 Å². The molecule has 0 radical (unpaired) electrons. The van der Waals surface area contributed by atoms with Gasteiger partial charge in [-0.3, -0.25) is 0 Å². The average Bonchev–Trinajstić information content (AvgIpc) is 2.59.